The number of rotatable bonds is 3. The minimum atomic E-state index is 0.150. The van der Waals surface area contributed by atoms with Crippen molar-refractivity contribution in [1.82, 2.24) is 5.32 Å². The summed E-state index contributed by atoms with van der Waals surface area (Å²) in [4.78, 5) is 12.2. The molecular formula is C15H28N2O. The Morgan fingerprint density at radius 1 is 1.17 bits per heavy atom. The molecule has 104 valence electrons. The topological polar surface area (TPSA) is 55.1 Å². The molecule has 2 saturated carbocycles. The van der Waals surface area contributed by atoms with Gasteiger partial charge in [-0.25, -0.2) is 0 Å². The monoisotopic (exact) mass is 252 g/mol. The molecule has 1 amide bonds. The highest BCUT2D eigenvalue weighted by atomic mass is 16.1. The van der Waals surface area contributed by atoms with Crippen LogP contribution in [0.3, 0.4) is 0 Å². The Kier molecular flexibility index (Phi) is 5.04. The van der Waals surface area contributed by atoms with Crippen molar-refractivity contribution in [2.24, 2.45) is 23.5 Å². The first-order valence-corrected chi connectivity index (χ1v) is 7.70. The fourth-order valence-corrected chi connectivity index (χ4v) is 3.49. The molecule has 0 radical (unpaired) electrons. The van der Waals surface area contributed by atoms with Crippen LogP contribution in [0.2, 0.25) is 0 Å². The van der Waals surface area contributed by atoms with Gasteiger partial charge in [-0.3, -0.25) is 4.79 Å². The van der Waals surface area contributed by atoms with E-state index < -0.39 is 0 Å². The molecule has 2 aliphatic rings. The summed E-state index contributed by atoms with van der Waals surface area (Å²) in [5.41, 5.74) is 5.98. The third-order valence-corrected chi connectivity index (χ3v) is 4.86. The second-order valence-corrected chi connectivity index (χ2v) is 6.41. The summed E-state index contributed by atoms with van der Waals surface area (Å²) >= 11 is 0. The molecule has 3 nitrogen and oxygen atoms in total. The quantitative estimate of drug-likeness (QED) is 0.810. The van der Waals surface area contributed by atoms with Gasteiger partial charge >= 0.3 is 0 Å². The first-order chi connectivity index (χ1) is 8.66. The first kappa shape index (κ1) is 13.9. The van der Waals surface area contributed by atoms with E-state index in [1.165, 1.54) is 32.1 Å². The molecule has 3 N–H and O–H groups in total. The van der Waals surface area contributed by atoms with Crippen LogP contribution in [0.25, 0.3) is 0 Å². The van der Waals surface area contributed by atoms with E-state index in [0.717, 1.165) is 31.7 Å². The van der Waals surface area contributed by atoms with Gasteiger partial charge in [-0.05, 0) is 43.9 Å². The number of hydrogen-bond donors (Lipinski definition) is 2. The number of nitrogens with two attached hydrogens (primary N) is 1. The van der Waals surface area contributed by atoms with Crippen molar-refractivity contribution in [2.75, 3.05) is 6.54 Å². The van der Waals surface area contributed by atoms with Gasteiger partial charge in [-0.2, -0.15) is 0 Å². The van der Waals surface area contributed by atoms with Crippen LogP contribution >= 0.6 is 0 Å². The molecule has 0 aromatic carbocycles. The van der Waals surface area contributed by atoms with Crippen LogP contribution in [0.4, 0.5) is 0 Å². The lowest BCUT2D eigenvalue weighted by molar-refractivity contribution is -0.128. The third-order valence-electron chi connectivity index (χ3n) is 4.86. The Bertz CT molecular complexity index is 274. The Morgan fingerprint density at radius 2 is 1.89 bits per heavy atom. The largest absolute Gasteiger partial charge is 0.356 e. The van der Waals surface area contributed by atoms with Crippen LogP contribution in [0.15, 0.2) is 0 Å². The second-order valence-electron chi connectivity index (χ2n) is 6.41. The zero-order valence-corrected chi connectivity index (χ0v) is 11.7. The van der Waals surface area contributed by atoms with E-state index >= 15 is 0 Å². The summed E-state index contributed by atoms with van der Waals surface area (Å²) in [6.07, 6.45) is 9.68. The van der Waals surface area contributed by atoms with Crippen molar-refractivity contribution < 1.29 is 4.79 Å². The van der Waals surface area contributed by atoms with Crippen LogP contribution < -0.4 is 11.1 Å². The molecule has 0 heterocycles. The van der Waals surface area contributed by atoms with Gasteiger partial charge in [0.25, 0.3) is 0 Å². The zero-order chi connectivity index (χ0) is 13.0. The van der Waals surface area contributed by atoms with Gasteiger partial charge in [0.15, 0.2) is 0 Å². The maximum atomic E-state index is 12.2. The molecule has 18 heavy (non-hydrogen) atoms. The lowest BCUT2D eigenvalue weighted by atomic mass is 9.77. The summed E-state index contributed by atoms with van der Waals surface area (Å²) in [5, 5.41) is 3.18. The highest BCUT2D eigenvalue weighted by Crippen LogP contribution is 2.29. The van der Waals surface area contributed by atoms with Gasteiger partial charge in [-0.15, -0.1) is 0 Å². The SMILES string of the molecule is CC1CCC(N)CC1C(=O)NCC1CCCCC1. The lowest BCUT2D eigenvalue weighted by Crippen LogP contribution is -2.43. The van der Waals surface area contributed by atoms with Crippen LogP contribution in [0, 0.1) is 17.8 Å². The molecular weight excluding hydrogens is 224 g/mol. The van der Waals surface area contributed by atoms with E-state index in [4.69, 9.17) is 5.73 Å². The lowest BCUT2D eigenvalue weighted by Gasteiger charge is -2.32. The molecule has 0 saturated heterocycles. The predicted octanol–water partition coefficient (Wildman–Crippen LogP) is 2.45. The molecule has 3 unspecified atom stereocenters. The molecule has 0 bridgehead atoms. The number of carbonyl (C=O) groups excluding carboxylic acids is 1. The predicted molar refractivity (Wildman–Crippen MR) is 74.1 cm³/mol. The van der Waals surface area contributed by atoms with Gasteiger partial charge in [-0.1, -0.05) is 26.2 Å². The minimum Gasteiger partial charge on any atom is -0.356 e. The van der Waals surface area contributed by atoms with Crippen molar-refractivity contribution in [3.05, 3.63) is 0 Å². The van der Waals surface area contributed by atoms with E-state index in [1.807, 2.05) is 0 Å². The van der Waals surface area contributed by atoms with E-state index in [9.17, 15) is 4.79 Å². The van der Waals surface area contributed by atoms with Crippen molar-refractivity contribution in [3.8, 4) is 0 Å². The Balaban J connectivity index is 1.75. The summed E-state index contributed by atoms with van der Waals surface area (Å²) in [6, 6.07) is 0.228. The fourth-order valence-electron chi connectivity index (χ4n) is 3.49. The fraction of sp³-hybridized carbons (Fsp3) is 0.933. The number of carbonyl (C=O) groups is 1. The van der Waals surface area contributed by atoms with Gasteiger partial charge in [0.05, 0.1) is 0 Å². The molecule has 0 aliphatic heterocycles. The van der Waals surface area contributed by atoms with E-state index in [2.05, 4.69) is 12.2 Å². The van der Waals surface area contributed by atoms with Crippen molar-refractivity contribution >= 4 is 5.91 Å². The van der Waals surface area contributed by atoms with Crippen LogP contribution in [0.5, 0.6) is 0 Å². The highest BCUT2D eigenvalue weighted by molar-refractivity contribution is 5.79. The summed E-state index contributed by atoms with van der Waals surface area (Å²) < 4.78 is 0. The molecule has 0 spiro atoms. The number of nitrogens with one attached hydrogen (secondary N) is 1. The summed E-state index contributed by atoms with van der Waals surface area (Å²) in [5.74, 6) is 1.62. The number of hydrogen-bond acceptors (Lipinski definition) is 2. The highest BCUT2D eigenvalue weighted by Gasteiger charge is 2.31. The maximum absolute atomic E-state index is 12.2. The average molecular weight is 252 g/mol. The maximum Gasteiger partial charge on any atom is 0.223 e. The molecule has 2 rings (SSSR count). The normalized spacial score (nSPS) is 34.2. The van der Waals surface area contributed by atoms with Crippen LogP contribution in [-0.4, -0.2) is 18.5 Å². The Labute approximate surface area is 111 Å². The van der Waals surface area contributed by atoms with Crippen LogP contribution in [-0.2, 0) is 4.79 Å². The molecule has 3 heteroatoms. The Hall–Kier alpha value is -0.570. The molecule has 0 aromatic rings. The molecule has 2 fully saturated rings. The molecule has 0 aromatic heterocycles. The smallest absolute Gasteiger partial charge is 0.223 e. The van der Waals surface area contributed by atoms with E-state index in [0.29, 0.717) is 5.92 Å². The summed E-state index contributed by atoms with van der Waals surface area (Å²) in [7, 11) is 0. The number of amides is 1. The zero-order valence-electron chi connectivity index (χ0n) is 11.7. The van der Waals surface area contributed by atoms with Gasteiger partial charge in [0, 0.05) is 18.5 Å². The van der Waals surface area contributed by atoms with Crippen molar-refractivity contribution in [3.63, 3.8) is 0 Å². The average Bonchev–Trinajstić information content (AvgIpc) is 2.40. The Morgan fingerprint density at radius 3 is 2.61 bits per heavy atom. The third kappa shape index (κ3) is 3.71. The van der Waals surface area contributed by atoms with E-state index in [1.54, 1.807) is 0 Å². The second kappa shape index (κ2) is 6.55. The van der Waals surface area contributed by atoms with Crippen molar-refractivity contribution in [1.29, 1.82) is 0 Å². The van der Waals surface area contributed by atoms with Crippen molar-refractivity contribution in [2.45, 2.75) is 64.3 Å². The molecule has 2 aliphatic carbocycles. The standard InChI is InChI=1S/C15H28N2O/c1-11-7-8-13(16)9-14(11)15(18)17-10-12-5-3-2-4-6-12/h11-14H,2-10,16H2,1H3,(H,17,18). The van der Waals surface area contributed by atoms with Gasteiger partial charge in [0.1, 0.15) is 0 Å². The van der Waals surface area contributed by atoms with Crippen LogP contribution in [0.1, 0.15) is 58.3 Å². The van der Waals surface area contributed by atoms with E-state index in [-0.39, 0.29) is 17.9 Å². The van der Waals surface area contributed by atoms with Gasteiger partial charge < -0.3 is 11.1 Å². The molecule has 3 atom stereocenters. The first-order valence-electron chi connectivity index (χ1n) is 7.70. The minimum absolute atomic E-state index is 0.150. The van der Waals surface area contributed by atoms with Gasteiger partial charge in [0.2, 0.25) is 5.91 Å². The summed E-state index contributed by atoms with van der Waals surface area (Å²) in [6.45, 7) is 3.08.